The number of hydrogen-bond donors (Lipinski definition) is 1. The van der Waals surface area contributed by atoms with Crippen molar-refractivity contribution in [3.63, 3.8) is 0 Å². The molecule has 106 valence electrons. The molecule has 5 nitrogen and oxygen atoms in total. The molecule has 1 saturated carbocycles. The molecule has 0 unspecified atom stereocenters. The third kappa shape index (κ3) is 2.24. The number of carbonyl (C=O) groups is 2. The number of fused-ring (bicyclic) bond motifs is 1. The van der Waals surface area contributed by atoms with E-state index in [-0.39, 0.29) is 12.6 Å². The summed E-state index contributed by atoms with van der Waals surface area (Å²) in [6.45, 7) is 0.161. The van der Waals surface area contributed by atoms with Crippen molar-refractivity contribution in [3.05, 3.63) is 23.8 Å². The van der Waals surface area contributed by atoms with Crippen LogP contribution in [0.25, 0.3) is 0 Å². The fourth-order valence-electron chi connectivity index (χ4n) is 3.00. The third-order valence-corrected chi connectivity index (χ3v) is 4.08. The van der Waals surface area contributed by atoms with Crippen molar-refractivity contribution in [1.82, 2.24) is 0 Å². The lowest BCUT2D eigenvalue weighted by Crippen LogP contribution is -2.32. The maximum absolute atomic E-state index is 12.6. The number of hydrogen-bond acceptors (Lipinski definition) is 4. The van der Waals surface area contributed by atoms with Crippen LogP contribution in [0.2, 0.25) is 0 Å². The van der Waals surface area contributed by atoms with Gasteiger partial charge in [-0.3, -0.25) is 9.59 Å². The van der Waals surface area contributed by atoms with E-state index in [9.17, 15) is 14.7 Å². The van der Waals surface area contributed by atoms with E-state index >= 15 is 0 Å². The molecule has 1 heterocycles. The smallest absolute Gasteiger partial charge is 0.307 e. The Balaban J connectivity index is 1.85. The van der Waals surface area contributed by atoms with Gasteiger partial charge in [0, 0.05) is 11.5 Å². The Kier molecular flexibility index (Phi) is 3.34. The summed E-state index contributed by atoms with van der Waals surface area (Å²) >= 11 is 0. The summed E-state index contributed by atoms with van der Waals surface area (Å²) in [7, 11) is 0. The number of Topliss-reactive ketones (excluding diaryl/α,β-unsaturated/α-hetero) is 1. The first-order valence-corrected chi connectivity index (χ1v) is 6.83. The lowest BCUT2D eigenvalue weighted by molar-refractivity contribution is -0.144. The largest absolute Gasteiger partial charge is 0.481 e. The van der Waals surface area contributed by atoms with Crippen LogP contribution in [0, 0.1) is 11.8 Å². The molecule has 0 bridgehead atoms. The second-order valence-electron chi connectivity index (χ2n) is 5.27. The topological polar surface area (TPSA) is 72.8 Å². The van der Waals surface area contributed by atoms with Crippen molar-refractivity contribution < 1.29 is 24.2 Å². The van der Waals surface area contributed by atoms with Gasteiger partial charge in [-0.15, -0.1) is 0 Å². The highest BCUT2D eigenvalue weighted by molar-refractivity contribution is 6.00. The SMILES string of the molecule is O=C(c1ccc2c(c1)OCO2)[C@H]1CCCC[C@H]1C(=O)O. The third-order valence-electron chi connectivity index (χ3n) is 4.08. The molecule has 0 amide bonds. The molecule has 1 fully saturated rings. The molecule has 1 aromatic rings. The van der Waals surface area contributed by atoms with Gasteiger partial charge in [0.05, 0.1) is 5.92 Å². The van der Waals surface area contributed by atoms with Crippen LogP contribution < -0.4 is 9.47 Å². The number of aliphatic carboxylic acids is 1. The van der Waals surface area contributed by atoms with E-state index in [1.807, 2.05) is 0 Å². The Labute approximate surface area is 116 Å². The van der Waals surface area contributed by atoms with Gasteiger partial charge in [-0.1, -0.05) is 12.8 Å². The van der Waals surface area contributed by atoms with Crippen LogP contribution in [0.15, 0.2) is 18.2 Å². The molecule has 2 atom stereocenters. The summed E-state index contributed by atoms with van der Waals surface area (Å²) in [4.78, 5) is 23.8. The first-order valence-electron chi connectivity index (χ1n) is 6.83. The molecule has 0 saturated heterocycles. The zero-order valence-corrected chi connectivity index (χ0v) is 11.0. The van der Waals surface area contributed by atoms with Gasteiger partial charge in [-0.05, 0) is 31.0 Å². The lowest BCUT2D eigenvalue weighted by Gasteiger charge is -2.27. The highest BCUT2D eigenvalue weighted by atomic mass is 16.7. The number of benzene rings is 1. The van der Waals surface area contributed by atoms with E-state index in [4.69, 9.17) is 9.47 Å². The molecule has 1 N–H and O–H groups in total. The first kappa shape index (κ1) is 13.0. The van der Waals surface area contributed by atoms with Crippen LogP contribution in [-0.2, 0) is 4.79 Å². The van der Waals surface area contributed by atoms with Crippen LogP contribution in [0.4, 0.5) is 0 Å². The second kappa shape index (κ2) is 5.15. The number of ether oxygens (including phenoxy) is 2. The normalized spacial score (nSPS) is 24.4. The number of carboxylic acids is 1. The van der Waals surface area contributed by atoms with Crippen molar-refractivity contribution in [2.24, 2.45) is 11.8 Å². The molecular formula is C15H16O5. The number of carboxylic acid groups (broad SMARTS) is 1. The van der Waals surface area contributed by atoms with Gasteiger partial charge < -0.3 is 14.6 Å². The van der Waals surface area contributed by atoms with Crippen LogP contribution in [0.3, 0.4) is 0 Å². The van der Waals surface area contributed by atoms with Gasteiger partial charge in [0.25, 0.3) is 0 Å². The van der Waals surface area contributed by atoms with Crippen LogP contribution >= 0.6 is 0 Å². The van der Waals surface area contributed by atoms with Crippen LogP contribution in [0.5, 0.6) is 11.5 Å². The highest BCUT2D eigenvalue weighted by Crippen LogP contribution is 2.36. The van der Waals surface area contributed by atoms with Crippen molar-refractivity contribution >= 4 is 11.8 Å². The second-order valence-corrected chi connectivity index (χ2v) is 5.27. The minimum Gasteiger partial charge on any atom is -0.481 e. The van der Waals surface area contributed by atoms with Crippen molar-refractivity contribution in [1.29, 1.82) is 0 Å². The van der Waals surface area contributed by atoms with Crippen molar-refractivity contribution in [2.75, 3.05) is 6.79 Å². The fourth-order valence-corrected chi connectivity index (χ4v) is 3.00. The maximum Gasteiger partial charge on any atom is 0.307 e. The van der Waals surface area contributed by atoms with E-state index in [2.05, 4.69) is 0 Å². The van der Waals surface area contributed by atoms with E-state index in [0.717, 1.165) is 12.8 Å². The summed E-state index contributed by atoms with van der Waals surface area (Å²) < 4.78 is 10.5. The molecule has 3 rings (SSSR count). The molecule has 1 aliphatic heterocycles. The quantitative estimate of drug-likeness (QED) is 0.859. The minimum atomic E-state index is -0.871. The Bertz CT molecular complexity index is 551. The van der Waals surface area contributed by atoms with Gasteiger partial charge >= 0.3 is 5.97 Å². The predicted molar refractivity (Wildman–Crippen MR) is 70.0 cm³/mol. The lowest BCUT2D eigenvalue weighted by atomic mass is 9.75. The molecule has 0 aromatic heterocycles. The van der Waals surface area contributed by atoms with Crippen LogP contribution in [0.1, 0.15) is 36.0 Å². The summed E-state index contributed by atoms with van der Waals surface area (Å²) in [6, 6.07) is 5.04. The summed E-state index contributed by atoms with van der Waals surface area (Å²) in [5.74, 6) is -0.791. The van der Waals surface area contributed by atoms with Gasteiger partial charge in [0.1, 0.15) is 0 Å². The van der Waals surface area contributed by atoms with Crippen LogP contribution in [-0.4, -0.2) is 23.7 Å². The summed E-state index contributed by atoms with van der Waals surface area (Å²) in [5.41, 5.74) is 0.507. The van der Waals surface area contributed by atoms with E-state index in [0.29, 0.717) is 29.9 Å². The predicted octanol–water partition coefficient (Wildman–Crippen LogP) is 2.49. The molecule has 0 spiro atoms. The first-order chi connectivity index (χ1) is 9.66. The summed E-state index contributed by atoms with van der Waals surface area (Å²) in [5, 5.41) is 9.26. The maximum atomic E-state index is 12.6. The zero-order chi connectivity index (χ0) is 14.1. The number of carbonyl (C=O) groups excluding carboxylic acids is 1. The molecule has 1 aliphatic carbocycles. The van der Waals surface area contributed by atoms with E-state index in [1.165, 1.54) is 0 Å². The number of ketones is 1. The van der Waals surface area contributed by atoms with Gasteiger partial charge in [-0.2, -0.15) is 0 Å². The Morgan fingerprint density at radius 2 is 1.75 bits per heavy atom. The van der Waals surface area contributed by atoms with Gasteiger partial charge in [-0.25, -0.2) is 0 Å². The average Bonchev–Trinajstić information content (AvgIpc) is 2.93. The average molecular weight is 276 g/mol. The zero-order valence-electron chi connectivity index (χ0n) is 11.0. The molecule has 0 radical (unpaired) electrons. The Morgan fingerprint density at radius 3 is 2.50 bits per heavy atom. The van der Waals surface area contributed by atoms with Gasteiger partial charge in [0.15, 0.2) is 17.3 Å². The standard InChI is InChI=1S/C15H16O5/c16-14(10-3-1-2-4-11(10)15(17)18)9-5-6-12-13(7-9)20-8-19-12/h5-7,10-11H,1-4,8H2,(H,17,18)/t10-,11+/m0/s1. The molecule has 5 heteroatoms. The Morgan fingerprint density at radius 1 is 1.05 bits per heavy atom. The molecular weight excluding hydrogens is 260 g/mol. The summed E-state index contributed by atoms with van der Waals surface area (Å²) in [6.07, 6.45) is 3.01. The minimum absolute atomic E-state index is 0.101. The van der Waals surface area contributed by atoms with Gasteiger partial charge in [0.2, 0.25) is 6.79 Å². The molecule has 20 heavy (non-hydrogen) atoms. The van der Waals surface area contributed by atoms with E-state index < -0.39 is 17.8 Å². The fraction of sp³-hybridized carbons (Fsp3) is 0.467. The van der Waals surface area contributed by atoms with Crippen molar-refractivity contribution in [2.45, 2.75) is 25.7 Å². The number of rotatable bonds is 3. The highest BCUT2D eigenvalue weighted by Gasteiger charge is 2.36. The van der Waals surface area contributed by atoms with Crippen molar-refractivity contribution in [3.8, 4) is 11.5 Å². The van der Waals surface area contributed by atoms with E-state index in [1.54, 1.807) is 18.2 Å². The monoisotopic (exact) mass is 276 g/mol. The molecule has 2 aliphatic rings. The Hall–Kier alpha value is -2.04. The molecule has 1 aromatic carbocycles.